The number of hydrogen-bond acceptors (Lipinski definition) is 6. The highest BCUT2D eigenvalue weighted by molar-refractivity contribution is 5.95. The Labute approximate surface area is 228 Å². The molecule has 0 aliphatic carbocycles. The number of nitrogens with two attached hydrogens (primary N) is 5. The van der Waals surface area contributed by atoms with Crippen molar-refractivity contribution in [2.75, 3.05) is 13.1 Å². The van der Waals surface area contributed by atoms with E-state index in [-0.39, 0.29) is 37.1 Å². The molecule has 13 N–H and O–H groups in total. The zero-order valence-electron chi connectivity index (χ0n) is 21.9. The molecule has 0 aliphatic heterocycles. The van der Waals surface area contributed by atoms with E-state index >= 15 is 0 Å². The third-order valence-corrected chi connectivity index (χ3v) is 6.16. The summed E-state index contributed by atoms with van der Waals surface area (Å²) in [5.74, 6) is -2.29. The molecule has 2 aromatic carbocycles. The van der Waals surface area contributed by atoms with Crippen molar-refractivity contribution in [1.29, 1.82) is 5.41 Å². The Morgan fingerprint density at radius 3 is 2.00 bits per heavy atom. The molecule has 210 valence electrons. The van der Waals surface area contributed by atoms with Crippen LogP contribution in [0.15, 0.2) is 59.6 Å². The molecule has 12 nitrogen and oxygen atoms in total. The van der Waals surface area contributed by atoms with Gasteiger partial charge in [0.1, 0.15) is 17.9 Å². The highest BCUT2D eigenvalue weighted by Gasteiger charge is 2.29. The van der Waals surface area contributed by atoms with Gasteiger partial charge in [0.05, 0.1) is 5.92 Å². The molecule has 0 unspecified atom stereocenters. The number of primary amides is 1. The number of hydrogen-bond donors (Lipinski definition) is 8. The van der Waals surface area contributed by atoms with Crippen LogP contribution in [0.2, 0.25) is 0 Å². The molecular weight excluding hydrogens is 498 g/mol. The number of amides is 3. The Kier molecular flexibility index (Phi) is 12.4. The van der Waals surface area contributed by atoms with Crippen LogP contribution in [0.4, 0.5) is 0 Å². The minimum absolute atomic E-state index is 0.0434. The predicted molar refractivity (Wildman–Crippen MR) is 152 cm³/mol. The first-order valence-corrected chi connectivity index (χ1v) is 12.8. The van der Waals surface area contributed by atoms with E-state index < -0.39 is 29.8 Å². The van der Waals surface area contributed by atoms with Gasteiger partial charge in [0, 0.05) is 12.1 Å². The van der Waals surface area contributed by atoms with Gasteiger partial charge in [-0.15, -0.1) is 0 Å². The van der Waals surface area contributed by atoms with Gasteiger partial charge in [0.2, 0.25) is 17.7 Å². The van der Waals surface area contributed by atoms with E-state index in [9.17, 15) is 14.4 Å². The van der Waals surface area contributed by atoms with Crippen molar-refractivity contribution in [3.63, 3.8) is 0 Å². The second kappa shape index (κ2) is 15.7. The molecule has 0 saturated heterocycles. The number of carbonyl (C=O) groups is 3. The summed E-state index contributed by atoms with van der Waals surface area (Å²) in [7, 11) is 0. The van der Waals surface area contributed by atoms with Crippen molar-refractivity contribution in [3.05, 3.63) is 71.3 Å². The van der Waals surface area contributed by atoms with Crippen LogP contribution in [0, 0.1) is 5.41 Å². The van der Waals surface area contributed by atoms with Crippen LogP contribution < -0.4 is 39.3 Å². The predicted octanol–water partition coefficient (Wildman–Crippen LogP) is -0.456. The number of benzene rings is 2. The van der Waals surface area contributed by atoms with Crippen LogP contribution in [0.3, 0.4) is 0 Å². The molecule has 0 heterocycles. The van der Waals surface area contributed by atoms with Gasteiger partial charge in [-0.25, -0.2) is 0 Å². The number of nitrogens with one attached hydrogen (secondary N) is 3. The van der Waals surface area contributed by atoms with Crippen molar-refractivity contribution >= 4 is 29.5 Å². The molecule has 2 aromatic rings. The summed E-state index contributed by atoms with van der Waals surface area (Å²) in [6.07, 6.45) is 1.77. The molecule has 0 fully saturated rings. The second-order valence-corrected chi connectivity index (χ2v) is 9.18. The van der Waals surface area contributed by atoms with E-state index in [1.807, 2.05) is 42.5 Å². The lowest BCUT2D eigenvalue weighted by Gasteiger charge is -2.24. The Bertz CT molecular complexity index is 1130. The smallest absolute Gasteiger partial charge is 0.243 e. The summed E-state index contributed by atoms with van der Waals surface area (Å²) >= 11 is 0. The first-order valence-electron chi connectivity index (χ1n) is 12.8. The third kappa shape index (κ3) is 10.4. The number of carbonyl (C=O) groups excluding carboxylic acids is 3. The number of nitrogens with zero attached hydrogens (tertiary/aromatic N) is 1. The summed E-state index contributed by atoms with van der Waals surface area (Å²) in [5, 5.41) is 13.1. The summed E-state index contributed by atoms with van der Waals surface area (Å²) < 4.78 is 0. The van der Waals surface area contributed by atoms with E-state index in [2.05, 4.69) is 15.6 Å². The average molecular weight is 538 g/mol. The van der Waals surface area contributed by atoms with E-state index in [0.29, 0.717) is 31.4 Å². The molecule has 39 heavy (non-hydrogen) atoms. The molecule has 12 heteroatoms. The zero-order valence-corrected chi connectivity index (χ0v) is 21.9. The molecule has 0 aliphatic rings. The maximum atomic E-state index is 13.6. The Morgan fingerprint density at radius 1 is 0.821 bits per heavy atom. The van der Waals surface area contributed by atoms with Gasteiger partial charge in [-0.3, -0.25) is 24.8 Å². The molecule has 0 radical (unpaired) electrons. The summed E-state index contributed by atoms with van der Waals surface area (Å²) in [5.41, 5.74) is 29.6. The fraction of sp³-hybridized carbons (Fsp3) is 0.370. The van der Waals surface area contributed by atoms with Crippen LogP contribution in [-0.4, -0.2) is 54.7 Å². The number of aliphatic imine (C=N–C) groups is 1. The molecule has 3 amide bonds. The maximum absolute atomic E-state index is 13.6. The van der Waals surface area contributed by atoms with Crippen LogP contribution in [-0.2, 0) is 20.8 Å². The molecule has 0 spiro atoms. The summed E-state index contributed by atoms with van der Waals surface area (Å²) in [6, 6.07) is 14.5. The second-order valence-electron chi connectivity index (χ2n) is 9.18. The van der Waals surface area contributed by atoms with Gasteiger partial charge in [-0.2, -0.15) is 0 Å². The molecule has 0 bridgehead atoms. The van der Waals surface area contributed by atoms with Crippen LogP contribution in [0.5, 0.6) is 0 Å². The number of nitrogen functional groups attached to an aromatic ring is 1. The largest absolute Gasteiger partial charge is 0.384 e. The van der Waals surface area contributed by atoms with Gasteiger partial charge in [0.25, 0.3) is 0 Å². The SMILES string of the molecule is N=C(N)c1ccc(C[C@@H](C(=O)N[C@@H](CCCN)C(=O)N[C@@H](CCCN=C(N)N)C(N)=O)c2ccccc2)cc1. The van der Waals surface area contributed by atoms with Crippen molar-refractivity contribution in [3.8, 4) is 0 Å². The van der Waals surface area contributed by atoms with Gasteiger partial charge in [0.15, 0.2) is 5.96 Å². The van der Waals surface area contributed by atoms with E-state index in [1.165, 1.54) is 0 Å². The monoisotopic (exact) mass is 537 g/mol. The van der Waals surface area contributed by atoms with E-state index in [4.69, 9.17) is 34.1 Å². The lowest BCUT2D eigenvalue weighted by Crippen LogP contribution is -2.53. The topological polar surface area (TPSA) is 242 Å². The average Bonchev–Trinajstić information content (AvgIpc) is 2.91. The van der Waals surface area contributed by atoms with Gasteiger partial charge >= 0.3 is 0 Å². The molecular formula is C27H39N9O3. The molecule has 2 rings (SSSR count). The maximum Gasteiger partial charge on any atom is 0.243 e. The lowest BCUT2D eigenvalue weighted by atomic mass is 9.90. The summed E-state index contributed by atoms with van der Waals surface area (Å²) in [4.78, 5) is 42.6. The van der Waals surface area contributed by atoms with E-state index in [1.54, 1.807) is 12.1 Å². The highest BCUT2D eigenvalue weighted by atomic mass is 16.2. The van der Waals surface area contributed by atoms with Crippen molar-refractivity contribution in [2.24, 2.45) is 33.7 Å². The zero-order chi connectivity index (χ0) is 28.8. The number of guanidine groups is 1. The normalized spacial score (nSPS) is 12.9. The quantitative estimate of drug-likeness (QED) is 0.0795. The van der Waals surface area contributed by atoms with Crippen LogP contribution in [0.1, 0.15) is 48.3 Å². The minimum Gasteiger partial charge on any atom is -0.384 e. The Morgan fingerprint density at radius 2 is 1.44 bits per heavy atom. The molecule has 0 aromatic heterocycles. The van der Waals surface area contributed by atoms with Crippen molar-refractivity contribution < 1.29 is 14.4 Å². The van der Waals surface area contributed by atoms with Crippen LogP contribution >= 0.6 is 0 Å². The third-order valence-electron chi connectivity index (χ3n) is 6.16. The number of amidine groups is 1. The van der Waals surface area contributed by atoms with Gasteiger partial charge in [-0.05, 0) is 49.8 Å². The Balaban J connectivity index is 2.20. The minimum atomic E-state index is -0.950. The lowest BCUT2D eigenvalue weighted by molar-refractivity contribution is -0.132. The highest BCUT2D eigenvalue weighted by Crippen LogP contribution is 2.22. The standard InChI is InChI=1S/C27H39N9O3/c28-14-4-8-22(26(39)35-21(24(31)37)9-5-15-34-27(32)33)36-25(38)20(18-6-2-1-3-7-18)16-17-10-12-19(13-11-17)23(29)30/h1-3,6-7,10-13,20-22H,4-5,8-9,14-16,28H2,(H3,29,30)(H2,31,37)(H,35,39)(H,36,38)(H4,32,33,34)/t20-,21+,22+/m1/s1. The number of rotatable bonds is 16. The summed E-state index contributed by atoms with van der Waals surface area (Å²) in [6.45, 7) is 0.601. The first-order chi connectivity index (χ1) is 18.6. The van der Waals surface area contributed by atoms with E-state index in [0.717, 1.165) is 11.1 Å². The van der Waals surface area contributed by atoms with Crippen molar-refractivity contribution in [2.45, 2.75) is 50.1 Å². The van der Waals surface area contributed by atoms with Gasteiger partial charge in [-0.1, -0.05) is 54.6 Å². The van der Waals surface area contributed by atoms with Crippen molar-refractivity contribution in [1.82, 2.24) is 10.6 Å². The first kappa shape index (κ1) is 30.8. The fourth-order valence-electron chi connectivity index (χ4n) is 4.03. The fourth-order valence-corrected chi connectivity index (χ4v) is 4.03. The molecule has 3 atom stereocenters. The Hall–Kier alpha value is -4.45. The van der Waals surface area contributed by atoms with Gasteiger partial charge < -0.3 is 39.3 Å². The van der Waals surface area contributed by atoms with Crippen LogP contribution in [0.25, 0.3) is 0 Å². The molecule has 0 saturated carbocycles.